The Morgan fingerprint density at radius 1 is 1.22 bits per heavy atom. The molecule has 0 fully saturated rings. The number of aromatic nitrogens is 2. The molecule has 2 aromatic rings. The second-order valence-corrected chi connectivity index (χ2v) is 3.53. The number of amides is 1. The van der Waals surface area contributed by atoms with E-state index in [1.54, 1.807) is 0 Å². The molecule has 0 spiro atoms. The van der Waals surface area contributed by atoms with Gasteiger partial charge in [-0.2, -0.15) is 10.2 Å². The molecule has 0 atom stereocenters. The molecule has 0 aliphatic rings. The molecule has 2 rings (SSSR count). The summed E-state index contributed by atoms with van der Waals surface area (Å²) in [5, 5.41) is 9.55. The predicted molar refractivity (Wildman–Crippen MR) is 59.6 cm³/mol. The summed E-state index contributed by atoms with van der Waals surface area (Å²) in [5.41, 5.74) is 0.396. The molecule has 92 valence electrons. The van der Waals surface area contributed by atoms with Crippen LogP contribution in [0.2, 0.25) is 0 Å². The standard InChI is InChI=1S/C12H9F2N3O/c13-10-3-1-2-8(11(10)14)6-15-12(18)9-4-5-16-17-7-9/h1-5,7H,6H2,(H,15,18). The fourth-order valence-electron chi connectivity index (χ4n) is 1.39. The molecule has 1 amide bonds. The summed E-state index contributed by atoms with van der Waals surface area (Å²) in [6.07, 6.45) is 2.66. The van der Waals surface area contributed by atoms with E-state index in [-0.39, 0.29) is 12.1 Å². The summed E-state index contributed by atoms with van der Waals surface area (Å²) < 4.78 is 26.2. The summed E-state index contributed by atoms with van der Waals surface area (Å²) in [6.45, 7) is -0.0925. The minimum atomic E-state index is -0.953. The van der Waals surface area contributed by atoms with E-state index in [4.69, 9.17) is 0 Å². The van der Waals surface area contributed by atoms with Crippen molar-refractivity contribution in [1.82, 2.24) is 15.5 Å². The van der Waals surface area contributed by atoms with Crippen LogP contribution in [0.3, 0.4) is 0 Å². The fourth-order valence-corrected chi connectivity index (χ4v) is 1.39. The largest absolute Gasteiger partial charge is 0.348 e. The van der Waals surface area contributed by atoms with Gasteiger partial charge in [0.2, 0.25) is 0 Å². The quantitative estimate of drug-likeness (QED) is 0.900. The van der Waals surface area contributed by atoms with Gasteiger partial charge in [0, 0.05) is 12.1 Å². The second-order valence-electron chi connectivity index (χ2n) is 3.53. The minimum absolute atomic E-state index is 0.0883. The number of carbonyl (C=O) groups is 1. The minimum Gasteiger partial charge on any atom is -0.348 e. The van der Waals surface area contributed by atoms with Crippen LogP contribution in [0.25, 0.3) is 0 Å². The molecule has 0 unspecified atom stereocenters. The van der Waals surface area contributed by atoms with Gasteiger partial charge in [0.25, 0.3) is 5.91 Å². The first kappa shape index (κ1) is 12.1. The Hall–Kier alpha value is -2.37. The molecule has 4 nitrogen and oxygen atoms in total. The smallest absolute Gasteiger partial charge is 0.253 e. The Morgan fingerprint density at radius 3 is 2.78 bits per heavy atom. The van der Waals surface area contributed by atoms with Crippen LogP contribution in [-0.4, -0.2) is 16.1 Å². The Labute approximate surface area is 102 Å². The van der Waals surface area contributed by atoms with Crippen molar-refractivity contribution in [2.45, 2.75) is 6.54 Å². The second kappa shape index (κ2) is 5.31. The third kappa shape index (κ3) is 2.65. The number of hydrogen-bond acceptors (Lipinski definition) is 3. The molecule has 0 saturated carbocycles. The van der Waals surface area contributed by atoms with Crippen LogP contribution >= 0.6 is 0 Å². The van der Waals surface area contributed by atoms with Crippen molar-refractivity contribution in [3.05, 3.63) is 59.4 Å². The van der Waals surface area contributed by atoms with E-state index < -0.39 is 17.5 Å². The van der Waals surface area contributed by atoms with Gasteiger partial charge in [-0.3, -0.25) is 4.79 Å². The van der Waals surface area contributed by atoms with Crippen molar-refractivity contribution in [3.63, 3.8) is 0 Å². The molecular formula is C12H9F2N3O. The highest BCUT2D eigenvalue weighted by molar-refractivity contribution is 5.93. The SMILES string of the molecule is O=C(NCc1cccc(F)c1F)c1ccnnc1. The number of nitrogens with one attached hydrogen (secondary N) is 1. The van der Waals surface area contributed by atoms with Gasteiger partial charge in [-0.15, -0.1) is 0 Å². The molecule has 0 radical (unpaired) electrons. The third-order valence-corrected chi connectivity index (χ3v) is 2.32. The van der Waals surface area contributed by atoms with Gasteiger partial charge in [-0.05, 0) is 12.1 Å². The van der Waals surface area contributed by atoms with E-state index in [1.807, 2.05) is 0 Å². The first-order valence-electron chi connectivity index (χ1n) is 5.16. The molecule has 1 heterocycles. The van der Waals surface area contributed by atoms with Crippen LogP contribution < -0.4 is 5.32 Å². The van der Waals surface area contributed by atoms with Crippen molar-refractivity contribution in [2.75, 3.05) is 0 Å². The summed E-state index contributed by atoms with van der Waals surface area (Å²) >= 11 is 0. The molecule has 0 aliphatic carbocycles. The first-order chi connectivity index (χ1) is 8.68. The van der Waals surface area contributed by atoms with Crippen LogP contribution in [0.5, 0.6) is 0 Å². The number of carbonyl (C=O) groups excluding carboxylic acids is 1. The van der Waals surface area contributed by atoms with Crippen molar-refractivity contribution in [1.29, 1.82) is 0 Å². The van der Waals surface area contributed by atoms with Gasteiger partial charge in [-0.25, -0.2) is 8.78 Å². The molecule has 1 aromatic carbocycles. The summed E-state index contributed by atoms with van der Waals surface area (Å²) in [6, 6.07) is 5.29. The first-order valence-corrected chi connectivity index (χ1v) is 5.16. The highest BCUT2D eigenvalue weighted by Crippen LogP contribution is 2.11. The van der Waals surface area contributed by atoms with Crippen molar-refractivity contribution < 1.29 is 13.6 Å². The maximum absolute atomic E-state index is 13.3. The third-order valence-electron chi connectivity index (χ3n) is 2.32. The summed E-state index contributed by atoms with van der Waals surface area (Å²) in [5.74, 6) is -2.31. The molecule has 18 heavy (non-hydrogen) atoms. The topological polar surface area (TPSA) is 54.9 Å². The Bertz CT molecular complexity index is 561. The molecule has 1 aromatic heterocycles. The van der Waals surface area contributed by atoms with E-state index >= 15 is 0 Å². The van der Waals surface area contributed by atoms with Gasteiger partial charge in [-0.1, -0.05) is 12.1 Å². The monoisotopic (exact) mass is 249 g/mol. The Balaban J connectivity index is 2.04. The van der Waals surface area contributed by atoms with Gasteiger partial charge in [0.15, 0.2) is 11.6 Å². The summed E-state index contributed by atoms with van der Waals surface area (Å²) in [7, 11) is 0. The lowest BCUT2D eigenvalue weighted by Crippen LogP contribution is -2.23. The fraction of sp³-hybridized carbons (Fsp3) is 0.0833. The number of halogens is 2. The Morgan fingerprint density at radius 2 is 2.06 bits per heavy atom. The number of nitrogens with zero attached hydrogens (tertiary/aromatic N) is 2. The van der Waals surface area contributed by atoms with E-state index in [2.05, 4.69) is 15.5 Å². The van der Waals surface area contributed by atoms with Crippen LogP contribution in [0.4, 0.5) is 8.78 Å². The lowest BCUT2D eigenvalue weighted by Gasteiger charge is -2.06. The van der Waals surface area contributed by atoms with Crippen molar-refractivity contribution in [3.8, 4) is 0 Å². The Kier molecular flexibility index (Phi) is 3.57. The average molecular weight is 249 g/mol. The van der Waals surface area contributed by atoms with Crippen LogP contribution in [0.1, 0.15) is 15.9 Å². The van der Waals surface area contributed by atoms with Gasteiger partial charge < -0.3 is 5.32 Å². The molecule has 0 bridgehead atoms. The molecule has 6 heteroatoms. The highest BCUT2D eigenvalue weighted by atomic mass is 19.2. The molecule has 1 N–H and O–H groups in total. The normalized spacial score (nSPS) is 10.1. The maximum atomic E-state index is 13.3. The van der Waals surface area contributed by atoms with Crippen molar-refractivity contribution >= 4 is 5.91 Å². The zero-order chi connectivity index (χ0) is 13.0. The maximum Gasteiger partial charge on any atom is 0.253 e. The van der Waals surface area contributed by atoms with Crippen LogP contribution in [0, 0.1) is 11.6 Å². The van der Waals surface area contributed by atoms with Crippen LogP contribution in [0.15, 0.2) is 36.7 Å². The number of benzene rings is 1. The average Bonchev–Trinajstić information content (AvgIpc) is 2.41. The zero-order valence-electron chi connectivity index (χ0n) is 9.23. The van der Waals surface area contributed by atoms with E-state index in [0.717, 1.165) is 6.07 Å². The molecular weight excluding hydrogens is 240 g/mol. The van der Waals surface area contributed by atoms with Crippen LogP contribution in [-0.2, 0) is 6.54 Å². The zero-order valence-corrected chi connectivity index (χ0v) is 9.23. The van der Waals surface area contributed by atoms with Crippen molar-refractivity contribution in [2.24, 2.45) is 0 Å². The van der Waals surface area contributed by atoms with Gasteiger partial charge in [0.05, 0.1) is 18.0 Å². The predicted octanol–water partition coefficient (Wildman–Crippen LogP) is 1.68. The number of rotatable bonds is 3. The van der Waals surface area contributed by atoms with E-state index in [9.17, 15) is 13.6 Å². The van der Waals surface area contributed by atoms with Gasteiger partial charge >= 0.3 is 0 Å². The van der Waals surface area contributed by atoms with E-state index in [0.29, 0.717) is 5.56 Å². The lowest BCUT2D eigenvalue weighted by molar-refractivity contribution is 0.0950. The van der Waals surface area contributed by atoms with Gasteiger partial charge in [0.1, 0.15) is 0 Å². The number of hydrogen-bond donors (Lipinski definition) is 1. The molecule has 0 aliphatic heterocycles. The lowest BCUT2D eigenvalue weighted by atomic mass is 10.2. The van der Waals surface area contributed by atoms with E-state index in [1.165, 1.54) is 30.6 Å². The summed E-state index contributed by atoms with van der Waals surface area (Å²) in [4.78, 5) is 11.6. The molecule has 0 saturated heterocycles. The highest BCUT2D eigenvalue weighted by Gasteiger charge is 2.10.